The number of anilines is 2. The van der Waals surface area contributed by atoms with Crippen molar-refractivity contribution in [3.05, 3.63) is 65.6 Å². The molecule has 1 saturated heterocycles. The lowest BCUT2D eigenvalue weighted by Gasteiger charge is -2.15. The van der Waals surface area contributed by atoms with Gasteiger partial charge in [0.05, 0.1) is 5.69 Å². The summed E-state index contributed by atoms with van der Waals surface area (Å²) in [6.07, 6.45) is 1.72. The van der Waals surface area contributed by atoms with E-state index in [2.05, 4.69) is 26.0 Å². The third kappa shape index (κ3) is 4.24. The highest BCUT2D eigenvalue weighted by molar-refractivity contribution is 5.95. The maximum atomic E-state index is 12.3. The summed E-state index contributed by atoms with van der Waals surface area (Å²) in [5.41, 5.74) is 4.18. The van der Waals surface area contributed by atoms with Gasteiger partial charge in [-0.25, -0.2) is 19.3 Å². The molecule has 1 aromatic carbocycles. The van der Waals surface area contributed by atoms with Crippen LogP contribution in [0.2, 0.25) is 0 Å². The second kappa shape index (κ2) is 8.24. The van der Waals surface area contributed by atoms with Gasteiger partial charge in [0.15, 0.2) is 5.82 Å². The molecule has 9 nitrogen and oxygen atoms in total. The van der Waals surface area contributed by atoms with E-state index in [9.17, 15) is 9.59 Å². The van der Waals surface area contributed by atoms with Gasteiger partial charge in [-0.1, -0.05) is 12.1 Å². The zero-order valence-electron chi connectivity index (χ0n) is 16.8. The van der Waals surface area contributed by atoms with Crippen molar-refractivity contribution in [2.75, 3.05) is 23.3 Å². The number of hydrogen-bond donors (Lipinski definition) is 3. The van der Waals surface area contributed by atoms with Crippen molar-refractivity contribution in [2.24, 2.45) is 0 Å². The first-order chi connectivity index (χ1) is 14.5. The predicted molar refractivity (Wildman–Crippen MR) is 114 cm³/mol. The highest BCUT2D eigenvalue weighted by Gasteiger charge is 2.21. The molecule has 4 rings (SSSR count). The van der Waals surface area contributed by atoms with Crippen molar-refractivity contribution in [3.8, 4) is 5.82 Å². The largest absolute Gasteiger partial charge is 0.336 e. The summed E-state index contributed by atoms with van der Waals surface area (Å²) in [4.78, 5) is 30.1. The Morgan fingerprint density at radius 3 is 2.73 bits per heavy atom. The minimum Gasteiger partial charge on any atom is -0.336 e. The van der Waals surface area contributed by atoms with Crippen LogP contribution in [0.1, 0.15) is 17.0 Å². The van der Waals surface area contributed by atoms with Crippen LogP contribution in [0.15, 0.2) is 48.7 Å². The number of nitrogens with one attached hydrogen (secondary N) is 3. The minimum atomic E-state index is -0.333. The molecule has 0 radical (unpaired) electrons. The van der Waals surface area contributed by atoms with Crippen molar-refractivity contribution >= 4 is 23.4 Å². The van der Waals surface area contributed by atoms with Crippen LogP contribution in [0.4, 0.5) is 21.0 Å². The highest BCUT2D eigenvalue weighted by Crippen LogP contribution is 2.21. The third-order valence-corrected chi connectivity index (χ3v) is 4.76. The summed E-state index contributed by atoms with van der Waals surface area (Å²) in [6, 6.07) is 12.5. The molecule has 154 valence electrons. The molecule has 3 aromatic rings. The zero-order chi connectivity index (χ0) is 21.1. The Balaban J connectivity index is 1.34. The summed E-state index contributed by atoms with van der Waals surface area (Å²) in [5.74, 6) is 0.733. The predicted octanol–water partition coefficient (Wildman–Crippen LogP) is 2.74. The normalized spacial score (nSPS) is 13.3. The molecular formula is C21H23N7O2. The fraction of sp³-hybridized carbons (Fsp3) is 0.238. The third-order valence-electron chi connectivity index (χ3n) is 4.76. The van der Waals surface area contributed by atoms with Gasteiger partial charge < -0.3 is 16.0 Å². The number of carbonyl (C=O) groups is 2. The smallest absolute Gasteiger partial charge is 0.321 e. The molecule has 0 unspecified atom stereocenters. The van der Waals surface area contributed by atoms with E-state index in [4.69, 9.17) is 0 Å². The molecule has 30 heavy (non-hydrogen) atoms. The SMILES string of the molecule is Cc1cc(C)n(-c2ccc(CNC(=O)Nc3cccc(N4CCNC4=O)c3)cn2)n1. The minimum absolute atomic E-state index is 0.131. The number of pyridine rings is 1. The quantitative estimate of drug-likeness (QED) is 0.607. The van der Waals surface area contributed by atoms with E-state index in [0.717, 1.165) is 28.5 Å². The highest BCUT2D eigenvalue weighted by atomic mass is 16.2. The number of amides is 4. The van der Waals surface area contributed by atoms with Crippen molar-refractivity contribution in [3.63, 3.8) is 0 Å². The van der Waals surface area contributed by atoms with Gasteiger partial charge in [0.2, 0.25) is 0 Å². The molecule has 0 aliphatic carbocycles. The van der Waals surface area contributed by atoms with Gasteiger partial charge in [-0.2, -0.15) is 5.10 Å². The number of carbonyl (C=O) groups excluding carboxylic acids is 2. The number of hydrogen-bond acceptors (Lipinski definition) is 4. The van der Waals surface area contributed by atoms with Gasteiger partial charge in [0, 0.05) is 42.9 Å². The molecule has 9 heteroatoms. The Kier molecular flexibility index (Phi) is 5.34. The molecule has 0 bridgehead atoms. The zero-order valence-corrected chi connectivity index (χ0v) is 16.8. The molecular weight excluding hydrogens is 382 g/mol. The van der Waals surface area contributed by atoms with E-state index in [0.29, 0.717) is 25.3 Å². The van der Waals surface area contributed by atoms with Crippen molar-refractivity contribution < 1.29 is 9.59 Å². The first-order valence-electron chi connectivity index (χ1n) is 9.68. The van der Waals surface area contributed by atoms with Crippen LogP contribution in [0.3, 0.4) is 0 Å². The van der Waals surface area contributed by atoms with Gasteiger partial charge in [0.1, 0.15) is 0 Å². The Bertz CT molecular complexity index is 1080. The number of aryl methyl sites for hydroxylation is 2. The summed E-state index contributed by atoms with van der Waals surface area (Å²) in [7, 11) is 0. The maximum absolute atomic E-state index is 12.3. The molecule has 4 amide bonds. The molecule has 0 atom stereocenters. The molecule has 3 N–H and O–H groups in total. The van der Waals surface area contributed by atoms with Gasteiger partial charge in [-0.15, -0.1) is 0 Å². The lowest BCUT2D eigenvalue weighted by Crippen LogP contribution is -2.29. The van der Waals surface area contributed by atoms with Crippen LogP contribution < -0.4 is 20.9 Å². The van der Waals surface area contributed by atoms with E-state index >= 15 is 0 Å². The molecule has 0 saturated carbocycles. The average molecular weight is 405 g/mol. The number of aromatic nitrogens is 3. The number of rotatable bonds is 5. The first-order valence-corrected chi connectivity index (χ1v) is 9.68. The van der Waals surface area contributed by atoms with Crippen LogP contribution in [-0.4, -0.2) is 39.9 Å². The van der Waals surface area contributed by atoms with Gasteiger partial charge in [-0.3, -0.25) is 4.90 Å². The number of nitrogens with zero attached hydrogens (tertiary/aromatic N) is 4. The standard InChI is InChI=1S/C21H23N7O2/c1-14-10-15(2)28(26-14)19-7-6-16(12-23-19)13-24-20(29)25-17-4-3-5-18(11-17)27-9-8-22-21(27)30/h3-7,10-12H,8-9,13H2,1-2H3,(H,22,30)(H2,24,25,29). The molecule has 1 fully saturated rings. The van der Waals surface area contributed by atoms with E-state index in [1.807, 2.05) is 38.1 Å². The Labute approximate surface area is 174 Å². The van der Waals surface area contributed by atoms with Crippen LogP contribution in [0.5, 0.6) is 0 Å². The summed E-state index contributed by atoms with van der Waals surface area (Å²) >= 11 is 0. The van der Waals surface area contributed by atoms with Crippen LogP contribution in [-0.2, 0) is 6.54 Å². The van der Waals surface area contributed by atoms with Crippen molar-refractivity contribution in [2.45, 2.75) is 20.4 Å². The Morgan fingerprint density at radius 2 is 2.07 bits per heavy atom. The second-order valence-corrected chi connectivity index (χ2v) is 7.11. The van der Waals surface area contributed by atoms with Crippen molar-refractivity contribution in [1.82, 2.24) is 25.4 Å². The molecule has 0 spiro atoms. The lowest BCUT2D eigenvalue weighted by atomic mass is 10.2. The van der Waals surface area contributed by atoms with Crippen molar-refractivity contribution in [1.29, 1.82) is 0 Å². The molecule has 2 aromatic heterocycles. The van der Waals surface area contributed by atoms with Gasteiger partial charge in [0.25, 0.3) is 0 Å². The fourth-order valence-corrected chi connectivity index (χ4v) is 3.33. The maximum Gasteiger partial charge on any atom is 0.321 e. The summed E-state index contributed by atoms with van der Waals surface area (Å²) < 4.78 is 1.78. The van der Waals surface area contributed by atoms with Crippen LogP contribution >= 0.6 is 0 Å². The number of urea groups is 2. The lowest BCUT2D eigenvalue weighted by molar-refractivity contribution is 0.251. The Morgan fingerprint density at radius 1 is 1.20 bits per heavy atom. The fourth-order valence-electron chi connectivity index (χ4n) is 3.33. The molecule has 1 aliphatic heterocycles. The Hall–Kier alpha value is -3.88. The first kappa shape index (κ1) is 19.4. The summed E-state index contributed by atoms with van der Waals surface area (Å²) in [5, 5.41) is 12.8. The summed E-state index contributed by atoms with van der Waals surface area (Å²) in [6.45, 7) is 5.48. The number of benzene rings is 1. The average Bonchev–Trinajstić information content (AvgIpc) is 3.31. The van der Waals surface area contributed by atoms with E-state index in [1.54, 1.807) is 34.0 Å². The second-order valence-electron chi connectivity index (χ2n) is 7.11. The van der Waals surface area contributed by atoms with E-state index in [-0.39, 0.29) is 12.1 Å². The molecule has 1 aliphatic rings. The molecule has 3 heterocycles. The van der Waals surface area contributed by atoms with Gasteiger partial charge >= 0.3 is 12.1 Å². The van der Waals surface area contributed by atoms with E-state index < -0.39 is 0 Å². The van der Waals surface area contributed by atoms with Crippen LogP contribution in [0, 0.1) is 13.8 Å². The topological polar surface area (TPSA) is 104 Å². The van der Waals surface area contributed by atoms with E-state index in [1.165, 1.54) is 0 Å². The van der Waals surface area contributed by atoms with Gasteiger partial charge in [-0.05, 0) is 49.7 Å². The monoisotopic (exact) mass is 405 g/mol. The van der Waals surface area contributed by atoms with Crippen LogP contribution in [0.25, 0.3) is 5.82 Å².